The van der Waals surface area contributed by atoms with E-state index in [0.717, 1.165) is 42.5 Å². The third-order valence-electron chi connectivity index (χ3n) is 4.69. The van der Waals surface area contributed by atoms with Gasteiger partial charge in [0.1, 0.15) is 5.82 Å². The number of hydrogen-bond donors (Lipinski definition) is 1. The Labute approximate surface area is 156 Å². The molecule has 0 saturated carbocycles. The standard InChI is InChI=1S/C21H31N3O2/c1-15(16(2)25)24-18-12-9-8-11-17(18)23-19(24)13-7-6-10-14-22-20(26)21(3,4)5/h8-9,11-12,15H,6-7,10,13-14H2,1-5H3,(H,22,26). The number of para-hydroxylation sites is 2. The number of aryl methyl sites for hydroxylation is 1. The fourth-order valence-corrected chi connectivity index (χ4v) is 2.94. The Morgan fingerprint density at radius 2 is 1.85 bits per heavy atom. The van der Waals surface area contributed by atoms with E-state index in [1.54, 1.807) is 6.92 Å². The normalized spacial score (nSPS) is 13.0. The molecular formula is C21H31N3O2. The average Bonchev–Trinajstić information content (AvgIpc) is 2.94. The van der Waals surface area contributed by atoms with E-state index in [0.29, 0.717) is 6.54 Å². The van der Waals surface area contributed by atoms with Crippen LogP contribution in [0.1, 0.15) is 65.7 Å². The Kier molecular flexibility index (Phi) is 6.57. The predicted octanol–water partition coefficient (Wildman–Crippen LogP) is 4.06. The molecule has 1 aromatic carbocycles. The van der Waals surface area contributed by atoms with Gasteiger partial charge in [0, 0.05) is 18.4 Å². The molecule has 0 aliphatic rings. The zero-order valence-electron chi connectivity index (χ0n) is 16.6. The van der Waals surface area contributed by atoms with Crippen molar-refractivity contribution in [2.24, 2.45) is 5.41 Å². The highest BCUT2D eigenvalue weighted by molar-refractivity contribution is 5.84. The van der Waals surface area contributed by atoms with E-state index in [9.17, 15) is 9.59 Å². The Morgan fingerprint density at radius 3 is 2.50 bits per heavy atom. The van der Waals surface area contributed by atoms with Gasteiger partial charge in [0.25, 0.3) is 0 Å². The van der Waals surface area contributed by atoms with Crippen LogP contribution in [-0.4, -0.2) is 27.8 Å². The van der Waals surface area contributed by atoms with Crippen LogP contribution in [0.3, 0.4) is 0 Å². The lowest BCUT2D eigenvalue weighted by Gasteiger charge is -2.17. The van der Waals surface area contributed by atoms with Gasteiger partial charge >= 0.3 is 0 Å². The summed E-state index contributed by atoms with van der Waals surface area (Å²) in [6.45, 7) is 10.0. The summed E-state index contributed by atoms with van der Waals surface area (Å²) in [4.78, 5) is 28.5. The van der Waals surface area contributed by atoms with Gasteiger partial charge < -0.3 is 9.88 Å². The summed E-state index contributed by atoms with van der Waals surface area (Å²) in [5, 5.41) is 2.98. The van der Waals surface area contributed by atoms with Crippen molar-refractivity contribution in [2.75, 3.05) is 6.54 Å². The van der Waals surface area contributed by atoms with E-state index >= 15 is 0 Å². The fraction of sp³-hybridized carbons (Fsp3) is 0.571. The van der Waals surface area contributed by atoms with E-state index < -0.39 is 0 Å². The van der Waals surface area contributed by atoms with Crippen LogP contribution >= 0.6 is 0 Å². The highest BCUT2D eigenvalue weighted by Crippen LogP contribution is 2.23. The minimum absolute atomic E-state index is 0.0922. The van der Waals surface area contributed by atoms with E-state index in [4.69, 9.17) is 4.98 Å². The van der Waals surface area contributed by atoms with Gasteiger partial charge in [-0.2, -0.15) is 0 Å². The van der Waals surface area contributed by atoms with Gasteiger partial charge in [0.2, 0.25) is 5.91 Å². The SMILES string of the molecule is CC(=O)C(C)n1c(CCCCCNC(=O)C(C)(C)C)nc2ccccc21. The molecule has 142 valence electrons. The number of carbonyl (C=O) groups is 2. The first-order valence-electron chi connectivity index (χ1n) is 9.46. The van der Waals surface area contributed by atoms with Gasteiger partial charge in [-0.05, 0) is 38.8 Å². The summed E-state index contributed by atoms with van der Waals surface area (Å²) in [5.74, 6) is 1.20. The molecule has 2 aromatic rings. The number of aromatic nitrogens is 2. The molecule has 1 N–H and O–H groups in total. The number of fused-ring (bicyclic) bond motifs is 1. The first kappa shape index (κ1) is 20.1. The van der Waals surface area contributed by atoms with Crippen LogP contribution in [0.15, 0.2) is 24.3 Å². The Balaban J connectivity index is 1.93. The summed E-state index contributed by atoms with van der Waals surface area (Å²) >= 11 is 0. The van der Waals surface area contributed by atoms with Gasteiger partial charge in [-0.3, -0.25) is 9.59 Å². The zero-order chi connectivity index (χ0) is 19.3. The second-order valence-electron chi connectivity index (χ2n) is 7.99. The summed E-state index contributed by atoms with van der Waals surface area (Å²) in [6.07, 6.45) is 3.78. The molecular weight excluding hydrogens is 326 g/mol. The molecule has 5 heteroatoms. The van der Waals surface area contributed by atoms with Crippen LogP contribution in [-0.2, 0) is 16.0 Å². The summed E-state index contributed by atoms with van der Waals surface area (Å²) in [7, 11) is 0. The number of benzene rings is 1. The van der Waals surface area contributed by atoms with Crippen molar-refractivity contribution in [3.8, 4) is 0 Å². The number of unbranched alkanes of at least 4 members (excludes halogenated alkanes) is 2. The van der Waals surface area contributed by atoms with Crippen molar-refractivity contribution in [2.45, 2.75) is 66.3 Å². The van der Waals surface area contributed by atoms with Gasteiger partial charge in [-0.15, -0.1) is 0 Å². The number of imidazole rings is 1. The number of carbonyl (C=O) groups excluding carboxylic acids is 2. The molecule has 2 rings (SSSR count). The monoisotopic (exact) mass is 357 g/mol. The highest BCUT2D eigenvalue weighted by Gasteiger charge is 2.20. The first-order chi connectivity index (χ1) is 12.2. The van der Waals surface area contributed by atoms with Crippen molar-refractivity contribution in [1.82, 2.24) is 14.9 Å². The number of rotatable bonds is 8. The molecule has 1 unspecified atom stereocenters. The molecule has 0 aliphatic carbocycles. The van der Waals surface area contributed by atoms with E-state index in [1.807, 2.05) is 52.0 Å². The van der Waals surface area contributed by atoms with Gasteiger partial charge in [0.05, 0.1) is 17.1 Å². The lowest BCUT2D eigenvalue weighted by atomic mass is 9.96. The molecule has 0 spiro atoms. The first-order valence-corrected chi connectivity index (χ1v) is 9.46. The lowest BCUT2D eigenvalue weighted by molar-refractivity contribution is -0.128. The zero-order valence-corrected chi connectivity index (χ0v) is 16.6. The molecule has 5 nitrogen and oxygen atoms in total. The van der Waals surface area contributed by atoms with Crippen LogP contribution < -0.4 is 5.32 Å². The van der Waals surface area contributed by atoms with Gasteiger partial charge in [-0.25, -0.2) is 4.98 Å². The quantitative estimate of drug-likeness (QED) is 0.725. The minimum atomic E-state index is -0.340. The summed E-state index contributed by atoms with van der Waals surface area (Å²) in [6, 6.07) is 7.76. The maximum atomic E-state index is 11.9. The molecule has 1 aromatic heterocycles. The Hall–Kier alpha value is -2.17. The van der Waals surface area contributed by atoms with Crippen LogP contribution in [0.25, 0.3) is 11.0 Å². The molecule has 0 radical (unpaired) electrons. The number of ketones is 1. The third-order valence-corrected chi connectivity index (χ3v) is 4.69. The number of nitrogens with one attached hydrogen (secondary N) is 1. The fourth-order valence-electron chi connectivity index (χ4n) is 2.94. The number of nitrogens with zero attached hydrogens (tertiary/aromatic N) is 2. The molecule has 0 fully saturated rings. The van der Waals surface area contributed by atoms with Gasteiger partial charge in [0.15, 0.2) is 5.78 Å². The second-order valence-corrected chi connectivity index (χ2v) is 7.99. The number of Topliss-reactive ketones (excluding diaryl/α,β-unsaturated/α-hetero) is 1. The smallest absolute Gasteiger partial charge is 0.225 e. The van der Waals surface area contributed by atoms with Crippen LogP contribution in [0.2, 0.25) is 0 Å². The van der Waals surface area contributed by atoms with E-state index in [2.05, 4.69) is 9.88 Å². The molecule has 26 heavy (non-hydrogen) atoms. The predicted molar refractivity (Wildman–Crippen MR) is 105 cm³/mol. The Bertz CT molecular complexity index is 771. The van der Waals surface area contributed by atoms with Crippen molar-refractivity contribution in [1.29, 1.82) is 0 Å². The lowest BCUT2D eigenvalue weighted by Crippen LogP contribution is -2.35. The molecule has 0 aliphatic heterocycles. The largest absolute Gasteiger partial charge is 0.356 e. The minimum Gasteiger partial charge on any atom is -0.356 e. The molecule has 1 heterocycles. The average molecular weight is 357 g/mol. The van der Waals surface area contributed by atoms with Crippen molar-refractivity contribution < 1.29 is 9.59 Å². The molecule has 0 saturated heterocycles. The van der Waals surface area contributed by atoms with Crippen LogP contribution in [0.4, 0.5) is 0 Å². The van der Waals surface area contributed by atoms with E-state index in [-0.39, 0.29) is 23.1 Å². The maximum absolute atomic E-state index is 11.9. The summed E-state index contributed by atoms with van der Waals surface area (Å²) < 4.78 is 2.07. The number of hydrogen-bond acceptors (Lipinski definition) is 3. The topological polar surface area (TPSA) is 64.0 Å². The third kappa shape index (κ3) is 4.93. The second kappa shape index (κ2) is 8.47. The van der Waals surface area contributed by atoms with Crippen LogP contribution in [0.5, 0.6) is 0 Å². The highest BCUT2D eigenvalue weighted by atomic mass is 16.2. The van der Waals surface area contributed by atoms with Crippen molar-refractivity contribution >= 4 is 22.7 Å². The summed E-state index contributed by atoms with van der Waals surface area (Å²) in [5.41, 5.74) is 1.61. The maximum Gasteiger partial charge on any atom is 0.225 e. The van der Waals surface area contributed by atoms with Gasteiger partial charge in [-0.1, -0.05) is 39.3 Å². The number of amides is 1. The van der Waals surface area contributed by atoms with Crippen molar-refractivity contribution in [3.63, 3.8) is 0 Å². The van der Waals surface area contributed by atoms with Crippen molar-refractivity contribution in [3.05, 3.63) is 30.1 Å². The van der Waals surface area contributed by atoms with Crippen LogP contribution in [0, 0.1) is 5.41 Å². The Morgan fingerprint density at radius 1 is 1.15 bits per heavy atom. The molecule has 1 atom stereocenters. The van der Waals surface area contributed by atoms with E-state index in [1.165, 1.54) is 0 Å². The molecule has 0 bridgehead atoms. The molecule has 1 amide bonds.